The maximum Gasteiger partial charge on any atom is 0.254 e. The summed E-state index contributed by atoms with van der Waals surface area (Å²) in [4.78, 5) is 36.8. The number of aryl methyl sites for hydroxylation is 3. The third-order valence-corrected chi connectivity index (χ3v) is 5.44. The average molecular weight is 376 g/mol. The maximum atomic E-state index is 13.4. The van der Waals surface area contributed by atoms with E-state index in [0.29, 0.717) is 24.5 Å². The molecule has 1 aromatic carbocycles. The SMILES string of the molecule is Cc1ccc2nc(C)cc(C(=O)N3CCCC(C(=O)c4nccn4C)C3)c2c1. The Morgan fingerprint density at radius 2 is 2.00 bits per heavy atom. The number of carbonyl (C=O) groups excluding carboxylic acids is 2. The van der Waals surface area contributed by atoms with Crippen molar-refractivity contribution < 1.29 is 9.59 Å². The molecule has 0 aliphatic carbocycles. The van der Waals surface area contributed by atoms with E-state index in [1.165, 1.54) is 0 Å². The third kappa shape index (κ3) is 3.30. The number of amides is 1. The first-order chi connectivity index (χ1) is 13.4. The topological polar surface area (TPSA) is 68.1 Å². The number of ketones is 1. The molecule has 1 unspecified atom stereocenters. The Bertz CT molecular complexity index is 1070. The molecule has 0 saturated carbocycles. The van der Waals surface area contributed by atoms with Gasteiger partial charge < -0.3 is 9.47 Å². The molecule has 1 saturated heterocycles. The Labute approximate surface area is 164 Å². The smallest absolute Gasteiger partial charge is 0.254 e. The molecule has 0 spiro atoms. The van der Waals surface area contributed by atoms with Gasteiger partial charge >= 0.3 is 0 Å². The van der Waals surface area contributed by atoms with Crippen molar-refractivity contribution in [3.05, 3.63) is 59.3 Å². The van der Waals surface area contributed by atoms with Gasteiger partial charge in [-0.1, -0.05) is 11.6 Å². The van der Waals surface area contributed by atoms with E-state index >= 15 is 0 Å². The highest BCUT2D eigenvalue weighted by Crippen LogP contribution is 2.25. The van der Waals surface area contributed by atoms with Crippen molar-refractivity contribution in [2.24, 2.45) is 13.0 Å². The minimum Gasteiger partial charge on any atom is -0.338 e. The van der Waals surface area contributed by atoms with Gasteiger partial charge in [0.2, 0.25) is 5.78 Å². The number of benzene rings is 1. The number of imidazole rings is 1. The Morgan fingerprint density at radius 1 is 1.18 bits per heavy atom. The van der Waals surface area contributed by atoms with Gasteiger partial charge in [0.1, 0.15) is 0 Å². The number of hydrogen-bond acceptors (Lipinski definition) is 4. The van der Waals surface area contributed by atoms with Gasteiger partial charge in [0.05, 0.1) is 11.1 Å². The fraction of sp³-hybridized carbons (Fsp3) is 0.364. The van der Waals surface area contributed by atoms with Gasteiger partial charge in [0, 0.05) is 49.5 Å². The predicted molar refractivity (Wildman–Crippen MR) is 107 cm³/mol. The number of nitrogens with zero attached hydrogens (tertiary/aromatic N) is 4. The van der Waals surface area contributed by atoms with E-state index in [0.717, 1.165) is 35.0 Å². The van der Waals surface area contributed by atoms with Gasteiger partial charge in [0.25, 0.3) is 5.91 Å². The Hall–Kier alpha value is -3.02. The lowest BCUT2D eigenvalue weighted by Gasteiger charge is -2.32. The van der Waals surface area contributed by atoms with Gasteiger partial charge in [-0.25, -0.2) is 4.98 Å². The zero-order valence-corrected chi connectivity index (χ0v) is 16.5. The molecule has 1 fully saturated rings. The van der Waals surface area contributed by atoms with Crippen LogP contribution in [-0.2, 0) is 7.05 Å². The van der Waals surface area contributed by atoms with Crippen molar-refractivity contribution in [1.29, 1.82) is 0 Å². The standard InChI is InChI=1S/C22H24N4O2/c1-14-6-7-19-17(11-14)18(12-15(2)24-19)22(28)26-9-4-5-16(13-26)20(27)21-23-8-10-25(21)3/h6-8,10-12,16H,4-5,9,13H2,1-3H3. The number of likely N-dealkylation sites (tertiary alicyclic amines) is 1. The second kappa shape index (κ2) is 7.19. The number of aromatic nitrogens is 3. The van der Waals surface area contributed by atoms with Gasteiger partial charge in [-0.2, -0.15) is 0 Å². The highest BCUT2D eigenvalue weighted by atomic mass is 16.2. The summed E-state index contributed by atoms with van der Waals surface area (Å²) in [6.45, 7) is 5.01. The molecule has 0 bridgehead atoms. The highest BCUT2D eigenvalue weighted by Gasteiger charge is 2.31. The summed E-state index contributed by atoms with van der Waals surface area (Å²) in [5, 5.41) is 0.869. The normalized spacial score (nSPS) is 17.1. The maximum absolute atomic E-state index is 13.4. The molecule has 28 heavy (non-hydrogen) atoms. The van der Waals surface area contributed by atoms with Crippen molar-refractivity contribution in [1.82, 2.24) is 19.4 Å². The van der Waals surface area contributed by atoms with E-state index in [2.05, 4.69) is 9.97 Å². The number of carbonyl (C=O) groups is 2. The van der Waals surface area contributed by atoms with Crippen molar-refractivity contribution in [2.75, 3.05) is 13.1 Å². The molecule has 3 heterocycles. The Kier molecular flexibility index (Phi) is 4.71. The number of hydrogen-bond donors (Lipinski definition) is 0. The first-order valence-corrected chi connectivity index (χ1v) is 9.63. The van der Waals surface area contributed by atoms with Crippen LogP contribution in [0.25, 0.3) is 10.9 Å². The molecule has 0 radical (unpaired) electrons. The second-order valence-electron chi connectivity index (χ2n) is 7.65. The fourth-order valence-electron chi connectivity index (χ4n) is 3.98. The zero-order chi connectivity index (χ0) is 19.8. The molecule has 6 heteroatoms. The summed E-state index contributed by atoms with van der Waals surface area (Å²) in [6.07, 6.45) is 5.00. The molecule has 4 rings (SSSR count). The number of fused-ring (bicyclic) bond motifs is 1. The third-order valence-electron chi connectivity index (χ3n) is 5.44. The van der Waals surface area contributed by atoms with Crippen molar-refractivity contribution in [2.45, 2.75) is 26.7 Å². The first kappa shape index (κ1) is 18.3. The molecular weight excluding hydrogens is 352 g/mol. The predicted octanol–water partition coefficient (Wildman–Crippen LogP) is 3.32. The first-order valence-electron chi connectivity index (χ1n) is 9.63. The van der Waals surface area contributed by atoms with E-state index in [-0.39, 0.29) is 17.6 Å². The van der Waals surface area contributed by atoms with Gasteiger partial charge in [-0.3, -0.25) is 14.6 Å². The molecule has 3 aromatic rings. The van der Waals surface area contributed by atoms with Crippen LogP contribution in [-0.4, -0.2) is 44.2 Å². The summed E-state index contributed by atoms with van der Waals surface area (Å²) in [7, 11) is 1.82. The van der Waals surface area contributed by atoms with Gasteiger partial charge in [-0.05, 0) is 44.9 Å². The number of pyridine rings is 1. The molecular formula is C22H24N4O2. The Balaban J connectivity index is 1.63. The lowest BCUT2D eigenvalue weighted by molar-refractivity contribution is 0.0634. The van der Waals surface area contributed by atoms with Crippen LogP contribution in [0.1, 0.15) is 45.1 Å². The highest BCUT2D eigenvalue weighted by molar-refractivity contribution is 6.06. The lowest BCUT2D eigenvalue weighted by atomic mass is 9.92. The van der Waals surface area contributed by atoms with E-state index in [1.54, 1.807) is 17.0 Å². The van der Waals surface area contributed by atoms with E-state index in [9.17, 15) is 9.59 Å². The molecule has 1 amide bonds. The number of rotatable bonds is 3. The molecule has 1 aliphatic heterocycles. The largest absolute Gasteiger partial charge is 0.338 e. The minimum absolute atomic E-state index is 0.0108. The van der Waals surface area contributed by atoms with Crippen LogP contribution in [0.3, 0.4) is 0 Å². The zero-order valence-electron chi connectivity index (χ0n) is 16.5. The average Bonchev–Trinajstić information content (AvgIpc) is 3.12. The van der Waals surface area contributed by atoms with Crippen LogP contribution in [0.2, 0.25) is 0 Å². The van der Waals surface area contributed by atoms with Crippen LogP contribution in [0.5, 0.6) is 0 Å². The van der Waals surface area contributed by atoms with Gasteiger partial charge in [-0.15, -0.1) is 0 Å². The van der Waals surface area contributed by atoms with Crippen LogP contribution in [0.4, 0.5) is 0 Å². The number of piperidine rings is 1. The monoisotopic (exact) mass is 376 g/mol. The van der Waals surface area contributed by atoms with Gasteiger partial charge in [0.15, 0.2) is 5.82 Å². The van der Waals surface area contributed by atoms with Crippen LogP contribution in [0, 0.1) is 19.8 Å². The van der Waals surface area contributed by atoms with Crippen LogP contribution < -0.4 is 0 Å². The molecule has 0 N–H and O–H groups in total. The lowest BCUT2D eigenvalue weighted by Crippen LogP contribution is -2.42. The molecule has 6 nitrogen and oxygen atoms in total. The fourth-order valence-corrected chi connectivity index (χ4v) is 3.98. The van der Waals surface area contributed by atoms with Crippen molar-refractivity contribution in [3.63, 3.8) is 0 Å². The van der Waals surface area contributed by atoms with Crippen molar-refractivity contribution >= 4 is 22.6 Å². The van der Waals surface area contributed by atoms with E-state index < -0.39 is 0 Å². The summed E-state index contributed by atoms with van der Waals surface area (Å²) >= 11 is 0. The van der Waals surface area contributed by atoms with Crippen LogP contribution >= 0.6 is 0 Å². The Morgan fingerprint density at radius 3 is 2.75 bits per heavy atom. The molecule has 2 aromatic heterocycles. The summed E-state index contributed by atoms with van der Waals surface area (Å²) in [6, 6.07) is 7.83. The summed E-state index contributed by atoms with van der Waals surface area (Å²) < 4.78 is 1.74. The minimum atomic E-state index is -0.213. The van der Waals surface area contributed by atoms with Crippen molar-refractivity contribution in [3.8, 4) is 0 Å². The molecule has 144 valence electrons. The van der Waals surface area contributed by atoms with E-state index in [1.807, 2.05) is 50.1 Å². The van der Waals surface area contributed by atoms with E-state index in [4.69, 9.17) is 0 Å². The van der Waals surface area contributed by atoms with Crippen LogP contribution in [0.15, 0.2) is 36.7 Å². The molecule has 1 aliphatic rings. The second-order valence-corrected chi connectivity index (χ2v) is 7.65. The number of Topliss-reactive ketones (excluding diaryl/α,β-unsaturated/α-hetero) is 1. The quantitative estimate of drug-likeness (QED) is 0.658. The summed E-state index contributed by atoms with van der Waals surface area (Å²) in [5.41, 5.74) is 3.40. The summed E-state index contributed by atoms with van der Waals surface area (Å²) in [5.74, 6) is 0.227. The molecule has 1 atom stereocenters.